The molecule has 3 atom stereocenters. The fourth-order valence-electron chi connectivity index (χ4n) is 4.80. The zero-order valence-electron chi connectivity index (χ0n) is 17.6. The molecule has 0 radical (unpaired) electrons. The molecule has 2 aliphatic heterocycles. The highest BCUT2D eigenvalue weighted by atomic mass is 16.5. The van der Waals surface area contributed by atoms with E-state index in [0.717, 1.165) is 19.3 Å². The summed E-state index contributed by atoms with van der Waals surface area (Å²) < 4.78 is 12.6. The lowest BCUT2D eigenvalue weighted by atomic mass is 9.74. The summed E-state index contributed by atoms with van der Waals surface area (Å²) >= 11 is 0. The van der Waals surface area contributed by atoms with E-state index in [1.54, 1.807) is 0 Å². The normalized spacial score (nSPS) is 33.3. The van der Waals surface area contributed by atoms with Gasteiger partial charge in [-0.25, -0.2) is 0 Å². The summed E-state index contributed by atoms with van der Waals surface area (Å²) in [7, 11) is 0. The minimum absolute atomic E-state index is 0.0470. The first-order valence-corrected chi connectivity index (χ1v) is 10.4. The monoisotopic (exact) mass is 398 g/mol. The van der Waals surface area contributed by atoms with Crippen LogP contribution in [0, 0.1) is 11.3 Å². The van der Waals surface area contributed by atoms with Crippen molar-refractivity contribution >= 4 is 0 Å². The van der Waals surface area contributed by atoms with Crippen LogP contribution in [-0.2, 0) is 11.3 Å². The molecule has 1 aromatic carbocycles. The first-order chi connectivity index (χ1) is 13.6. The number of hydrogen-bond acceptors (Lipinski definition) is 5. The molecule has 0 saturated heterocycles. The van der Waals surface area contributed by atoms with Crippen LogP contribution in [0.5, 0.6) is 17.2 Å². The molecule has 2 heterocycles. The smallest absolute Gasteiger partial charge is 0.224 e. The van der Waals surface area contributed by atoms with Crippen molar-refractivity contribution in [2.75, 3.05) is 0 Å². The van der Waals surface area contributed by atoms with Crippen LogP contribution in [-0.4, -0.2) is 15.8 Å². The summed E-state index contributed by atoms with van der Waals surface area (Å²) in [5, 5.41) is 20.8. The Labute approximate surface area is 171 Å². The van der Waals surface area contributed by atoms with E-state index in [2.05, 4.69) is 39.0 Å². The Morgan fingerprint density at radius 1 is 1.14 bits per heavy atom. The van der Waals surface area contributed by atoms with Gasteiger partial charge in [-0.2, -0.15) is 0 Å². The van der Waals surface area contributed by atoms with Gasteiger partial charge in [0.05, 0.1) is 12.7 Å². The van der Waals surface area contributed by atoms with Gasteiger partial charge < -0.3 is 19.7 Å². The largest absolute Gasteiger partial charge is 0.502 e. The van der Waals surface area contributed by atoms with Gasteiger partial charge in [-0.15, -0.1) is 0 Å². The van der Waals surface area contributed by atoms with Gasteiger partial charge >= 0.3 is 0 Å². The van der Waals surface area contributed by atoms with Crippen LogP contribution < -0.4 is 10.2 Å². The summed E-state index contributed by atoms with van der Waals surface area (Å²) in [5.41, 5.74) is 1.55. The quantitative estimate of drug-likeness (QED) is 0.608. The molecule has 1 aromatic rings. The summed E-state index contributed by atoms with van der Waals surface area (Å²) in [5.74, 6) is -0.899. The third-order valence-corrected chi connectivity index (χ3v) is 6.68. The number of allylic oxidation sites excluding steroid dienone is 3. The van der Waals surface area contributed by atoms with Crippen LogP contribution in [0.3, 0.4) is 0 Å². The fourth-order valence-corrected chi connectivity index (χ4v) is 4.80. The Hall–Kier alpha value is -2.27. The molecule has 29 heavy (non-hydrogen) atoms. The van der Waals surface area contributed by atoms with Gasteiger partial charge in [0.1, 0.15) is 5.60 Å². The molecule has 0 fully saturated rings. The Bertz CT molecular complexity index is 959. The van der Waals surface area contributed by atoms with Gasteiger partial charge in [-0.3, -0.25) is 4.79 Å². The van der Waals surface area contributed by atoms with E-state index < -0.39 is 22.5 Å². The molecule has 0 bridgehead atoms. The van der Waals surface area contributed by atoms with E-state index in [9.17, 15) is 15.0 Å². The van der Waals surface area contributed by atoms with Crippen molar-refractivity contribution in [1.29, 1.82) is 0 Å². The number of aromatic hydroxyl groups is 2. The third-order valence-electron chi connectivity index (χ3n) is 6.68. The average molecular weight is 398 g/mol. The maximum atomic E-state index is 12.2. The second-order valence-electron chi connectivity index (χ2n) is 9.62. The van der Waals surface area contributed by atoms with Crippen molar-refractivity contribution in [3.63, 3.8) is 0 Å². The average Bonchev–Trinajstić information content (AvgIpc) is 3.02. The van der Waals surface area contributed by atoms with E-state index >= 15 is 0 Å². The molecule has 0 unspecified atom stereocenters. The Balaban J connectivity index is 1.86. The Morgan fingerprint density at radius 2 is 1.90 bits per heavy atom. The van der Waals surface area contributed by atoms with Crippen LogP contribution in [0.1, 0.15) is 70.6 Å². The highest BCUT2D eigenvalue weighted by Gasteiger charge is 2.50. The van der Waals surface area contributed by atoms with E-state index in [-0.39, 0.29) is 29.8 Å². The van der Waals surface area contributed by atoms with E-state index in [1.165, 1.54) is 11.6 Å². The summed E-state index contributed by atoms with van der Waals surface area (Å²) in [6.07, 6.45) is 9.88. The number of fused-ring (bicyclic) bond motifs is 2. The molecule has 5 nitrogen and oxygen atoms in total. The molecule has 0 spiro atoms. The first-order valence-electron chi connectivity index (χ1n) is 10.4. The molecule has 4 rings (SSSR count). The molecule has 0 aromatic heterocycles. The molecule has 1 aliphatic carbocycles. The topological polar surface area (TPSA) is 76.0 Å². The lowest BCUT2D eigenvalue weighted by Gasteiger charge is -2.45. The molecule has 0 amide bonds. The minimum atomic E-state index is -0.665. The first kappa shape index (κ1) is 20.0. The lowest BCUT2D eigenvalue weighted by molar-refractivity contribution is -0.0889. The summed E-state index contributed by atoms with van der Waals surface area (Å²) in [6.45, 7) is 8.92. The Kier molecular flexibility index (Phi) is 4.77. The highest BCUT2D eigenvalue weighted by Crippen LogP contribution is 2.56. The maximum Gasteiger partial charge on any atom is 0.224 e. The molecule has 0 saturated carbocycles. The zero-order valence-corrected chi connectivity index (χ0v) is 17.6. The predicted octanol–water partition coefficient (Wildman–Crippen LogP) is 4.90. The number of ether oxygens (including phenoxy) is 2. The molecule has 3 aliphatic rings. The molecule has 156 valence electrons. The van der Waals surface area contributed by atoms with Crippen molar-refractivity contribution in [1.82, 2.24) is 0 Å². The van der Waals surface area contributed by atoms with Crippen LogP contribution in [0.2, 0.25) is 0 Å². The van der Waals surface area contributed by atoms with E-state index in [1.807, 2.05) is 6.92 Å². The van der Waals surface area contributed by atoms with Crippen molar-refractivity contribution in [2.24, 2.45) is 11.3 Å². The fraction of sp³-hybridized carbons (Fsp3) is 0.542. The van der Waals surface area contributed by atoms with Gasteiger partial charge in [0.15, 0.2) is 5.75 Å². The third kappa shape index (κ3) is 3.46. The van der Waals surface area contributed by atoms with E-state index in [4.69, 9.17) is 9.47 Å². The van der Waals surface area contributed by atoms with Gasteiger partial charge in [0, 0.05) is 17.9 Å². The number of rotatable bonds is 0. The predicted molar refractivity (Wildman–Crippen MR) is 111 cm³/mol. The minimum Gasteiger partial charge on any atom is -0.502 e. The van der Waals surface area contributed by atoms with Crippen LogP contribution in [0.25, 0.3) is 0 Å². The van der Waals surface area contributed by atoms with Crippen molar-refractivity contribution in [3.05, 3.63) is 51.2 Å². The summed E-state index contributed by atoms with van der Waals surface area (Å²) in [4.78, 5) is 12.2. The maximum absolute atomic E-state index is 12.2. The van der Waals surface area contributed by atoms with Gasteiger partial charge in [0.2, 0.25) is 16.9 Å². The molecule has 2 N–H and O–H groups in total. The lowest BCUT2D eigenvalue weighted by Crippen LogP contribution is -2.46. The second kappa shape index (κ2) is 6.91. The Morgan fingerprint density at radius 3 is 2.66 bits per heavy atom. The van der Waals surface area contributed by atoms with E-state index in [0.29, 0.717) is 17.5 Å². The zero-order chi connectivity index (χ0) is 21.0. The summed E-state index contributed by atoms with van der Waals surface area (Å²) in [6, 6.07) is 1.36. The SMILES string of the molecule is C/C1=C\CC(C)(C)/C=C/C[C@@]2(C)Oc3c(O)c(O)c(=O)cc4c3[C@@H](OC4)[C@@H]2CC1. The van der Waals surface area contributed by atoms with Gasteiger partial charge in [-0.05, 0) is 50.2 Å². The standard InChI is InChI=1S/C24H30O5/c1-14-6-7-16-21-18-15(13-28-21)12-17(25)19(26)20(27)22(18)29-24(16,4)10-5-9-23(2,3)11-8-14/h5,8-9,12,16,21H,6-7,10-11,13H2,1-4H3,(H2,25,26,27)/b9-5+,14-8+/t16-,21-,24+/m0/s1. The van der Waals surface area contributed by atoms with Crippen LogP contribution in [0.15, 0.2) is 34.7 Å². The number of hydrogen-bond donors (Lipinski definition) is 2. The molecular formula is C24H30O5. The van der Waals surface area contributed by atoms with Crippen LogP contribution >= 0.6 is 0 Å². The second-order valence-corrected chi connectivity index (χ2v) is 9.62. The molecular weight excluding hydrogens is 368 g/mol. The van der Waals surface area contributed by atoms with Crippen LogP contribution in [0.4, 0.5) is 0 Å². The highest BCUT2D eigenvalue weighted by molar-refractivity contribution is 5.58. The van der Waals surface area contributed by atoms with Crippen molar-refractivity contribution < 1.29 is 19.7 Å². The molecule has 5 heteroatoms. The van der Waals surface area contributed by atoms with Gasteiger partial charge in [-0.1, -0.05) is 37.6 Å². The van der Waals surface area contributed by atoms with Crippen molar-refractivity contribution in [3.8, 4) is 17.2 Å². The van der Waals surface area contributed by atoms with Crippen molar-refractivity contribution in [2.45, 2.75) is 71.7 Å². The van der Waals surface area contributed by atoms with Gasteiger partial charge in [0.25, 0.3) is 0 Å².